The summed E-state index contributed by atoms with van der Waals surface area (Å²) in [5.41, 5.74) is 0. The van der Waals surface area contributed by atoms with Crippen molar-refractivity contribution in [2.45, 2.75) is 84.0 Å². The Morgan fingerprint density at radius 2 is 1.35 bits per heavy atom. The van der Waals surface area contributed by atoms with E-state index in [4.69, 9.17) is 9.90 Å². The highest BCUT2D eigenvalue weighted by Gasteiger charge is 2.01. The molecule has 20 heavy (non-hydrogen) atoms. The van der Waals surface area contributed by atoms with Gasteiger partial charge in [-0.3, -0.25) is 0 Å². The van der Waals surface area contributed by atoms with Gasteiger partial charge in [0.2, 0.25) is 0 Å². The average Bonchev–Trinajstić information content (AvgIpc) is 2.43. The van der Waals surface area contributed by atoms with Crippen molar-refractivity contribution >= 4 is 5.97 Å². The molecule has 0 atom stereocenters. The van der Waals surface area contributed by atoms with Crippen molar-refractivity contribution in [3.05, 3.63) is 24.3 Å². The molecule has 0 fully saturated rings. The molecule has 0 aromatic carbocycles. The molecule has 2 nitrogen and oxygen atoms in total. The van der Waals surface area contributed by atoms with Gasteiger partial charge in [0, 0.05) is 0 Å². The first-order valence-corrected chi connectivity index (χ1v) is 8.31. The van der Waals surface area contributed by atoms with Crippen LogP contribution in [0.2, 0.25) is 0 Å². The van der Waals surface area contributed by atoms with Crippen molar-refractivity contribution in [2.24, 2.45) is 0 Å². The number of rotatable bonds is 14. The van der Waals surface area contributed by atoms with Crippen LogP contribution >= 0.6 is 0 Å². The zero-order valence-corrected chi connectivity index (χ0v) is 13.2. The van der Waals surface area contributed by atoms with E-state index >= 15 is 0 Å². The first kappa shape index (κ1) is 18.9. The van der Waals surface area contributed by atoms with E-state index < -0.39 is 5.97 Å². The molecule has 0 rings (SSSR count). The number of hydrogen-bond donors (Lipinski definition) is 1. The molecule has 2 N–H and O–H groups in total. The van der Waals surface area contributed by atoms with E-state index in [0.717, 1.165) is 19.3 Å². The fraction of sp³-hybridized carbons (Fsp3) is 0.722. The van der Waals surface area contributed by atoms with Gasteiger partial charge in [0.05, 0.1) is 0 Å². The van der Waals surface area contributed by atoms with Crippen LogP contribution in [0.25, 0.3) is 0 Å². The molecule has 0 heterocycles. The Kier molecular flexibility index (Phi) is 15.2. The third-order valence-corrected chi connectivity index (χ3v) is 3.35. The molecule has 0 amide bonds. The molecule has 0 aromatic heterocycles. The summed E-state index contributed by atoms with van der Waals surface area (Å²) >= 11 is 0. The van der Waals surface area contributed by atoms with Gasteiger partial charge >= 0.3 is 5.97 Å². The SMILES string of the molecule is CCCCC/C=C/C/C=C/CCCCCCCC(O)=[OH+]. The predicted octanol–water partition coefficient (Wildman–Crippen LogP) is 5.86. The summed E-state index contributed by atoms with van der Waals surface area (Å²) in [4.78, 5) is 8.61. The standard InChI is InChI=1S/C18H32O2/c1-2-3-4-5-6-7-8-9-10-11-12-13-14-15-16-17-18(19)20/h6-7,9-10H,2-5,8,11-17H2,1H3,(H,19,20)/p+1/b7-6+,10-9+. The molecular weight excluding hydrogens is 248 g/mol. The minimum Gasteiger partial charge on any atom is -0.339 e. The Hall–Kier alpha value is -1.05. The molecule has 0 radical (unpaired) electrons. The second kappa shape index (κ2) is 16.0. The normalized spacial score (nSPS) is 11.7. The number of carboxylic acids is 1. The van der Waals surface area contributed by atoms with E-state index in [1.165, 1.54) is 51.4 Å². The maximum absolute atomic E-state index is 8.61. The number of unbranched alkanes of at least 4 members (excludes halogenated alkanes) is 8. The lowest BCUT2D eigenvalue weighted by Gasteiger charge is -1.97. The van der Waals surface area contributed by atoms with E-state index in [0.29, 0.717) is 6.42 Å². The summed E-state index contributed by atoms with van der Waals surface area (Å²) in [6, 6.07) is 0. The van der Waals surface area contributed by atoms with Gasteiger partial charge in [-0.05, 0) is 38.5 Å². The molecule has 0 spiro atoms. The topological polar surface area (TPSA) is 41.6 Å². The van der Waals surface area contributed by atoms with Gasteiger partial charge in [0.25, 0.3) is 0 Å². The van der Waals surface area contributed by atoms with Crippen LogP contribution in [0.15, 0.2) is 24.3 Å². The summed E-state index contributed by atoms with van der Waals surface area (Å²) < 4.78 is 0. The van der Waals surface area contributed by atoms with Gasteiger partial charge in [-0.15, -0.1) is 0 Å². The van der Waals surface area contributed by atoms with Crippen molar-refractivity contribution < 1.29 is 9.90 Å². The molecule has 0 bridgehead atoms. The van der Waals surface area contributed by atoms with E-state index in [1.807, 2.05) is 0 Å². The molecule has 116 valence electrons. The summed E-state index contributed by atoms with van der Waals surface area (Å²) in [5, 5.41) is 8.61. The second-order valence-corrected chi connectivity index (χ2v) is 5.40. The van der Waals surface area contributed by atoms with Crippen LogP contribution < -0.4 is 0 Å². The Balaban J connectivity index is 3.17. The van der Waals surface area contributed by atoms with Crippen molar-refractivity contribution in [1.29, 1.82) is 0 Å². The van der Waals surface area contributed by atoms with E-state index in [1.54, 1.807) is 0 Å². The largest absolute Gasteiger partial charge is 0.480 e. The van der Waals surface area contributed by atoms with Crippen LogP contribution in [0.1, 0.15) is 84.0 Å². The molecule has 0 aliphatic rings. The number of carboxylic acid groups (broad SMARTS) is 1. The highest BCUT2D eigenvalue weighted by Crippen LogP contribution is 2.08. The predicted molar refractivity (Wildman–Crippen MR) is 88.9 cm³/mol. The van der Waals surface area contributed by atoms with Crippen molar-refractivity contribution in [2.75, 3.05) is 0 Å². The highest BCUT2D eigenvalue weighted by molar-refractivity contribution is 5.67. The Labute approximate surface area is 125 Å². The van der Waals surface area contributed by atoms with Gasteiger partial charge in [-0.1, -0.05) is 63.3 Å². The van der Waals surface area contributed by atoms with Crippen LogP contribution in [-0.4, -0.2) is 15.9 Å². The van der Waals surface area contributed by atoms with Crippen LogP contribution in [0.4, 0.5) is 0 Å². The number of allylic oxidation sites excluding steroid dienone is 4. The lowest BCUT2D eigenvalue weighted by atomic mass is 10.1. The minimum absolute atomic E-state index is 0.421. The fourth-order valence-electron chi connectivity index (χ4n) is 2.09. The van der Waals surface area contributed by atoms with E-state index in [-0.39, 0.29) is 0 Å². The smallest absolute Gasteiger partial charge is 0.339 e. The molecule has 2 heteroatoms. The summed E-state index contributed by atoms with van der Waals surface area (Å²) in [6.45, 7) is 2.24. The lowest BCUT2D eigenvalue weighted by molar-refractivity contribution is 0.432. The van der Waals surface area contributed by atoms with Gasteiger partial charge < -0.3 is 9.90 Å². The van der Waals surface area contributed by atoms with Gasteiger partial charge in [0.1, 0.15) is 6.42 Å². The first-order chi connectivity index (χ1) is 9.77. The minimum atomic E-state index is -0.421. The molecule has 0 unspecified atom stereocenters. The van der Waals surface area contributed by atoms with Crippen molar-refractivity contribution in [1.82, 2.24) is 0 Å². The molecule has 0 saturated heterocycles. The lowest BCUT2D eigenvalue weighted by Crippen LogP contribution is -1.94. The maximum Gasteiger partial charge on any atom is 0.480 e. The zero-order chi connectivity index (χ0) is 14.9. The zero-order valence-electron chi connectivity index (χ0n) is 13.2. The van der Waals surface area contributed by atoms with Crippen molar-refractivity contribution in [3.8, 4) is 0 Å². The fourth-order valence-corrected chi connectivity index (χ4v) is 2.09. The molecule has 0 aromatic rings. The monoisotopic (exact) mass is 281 g/mol. The van der Waals surface area contributed by atoms with E-state index in [2.05, 4.69) is 31.2 Å². The van der Waals surface area contributed by atoms with Gasteiger partial charge in [-0.2, -0.15) is 0 Å². The maximum atomic E-state index is 8.61. The van der Waals surface area contributed by atoms with Crippen LogP contribution in [-0.2, 0) is 0 Å². The van der Waals surface area contributed by atoms with E-state index in [9.17, 15) is 0 Å². The number of hydrogen-bond acceptors (Lipinski definition) is 0. The van der Waals surface area contributed by atoms with Gasteiger partial charge in [-0.25, -0.2) is 0 Å². The van der Waals surface area contributed by atoms with Gasteiger partial charge in [0.15, 0.2) is 0 Å². The highest BCUT2D eigenvalue weighted by atomic mass is 16.4. The quantitative estimate of drug-likeness (QED) is 0.242. The Bertz CT molecular complexity index is 267. The first-order valence-electron chi connectivity index (χ1n) is 8.31. The summed E-state index contributed by atoms with van der Waals surface area (Å²) in [7, 11) is 0. The van der Waals surface area contributed by atoms with Crippen LogP contribution in [0.5, 0.6) is 0 Å². The molecular formula is C18H33O2+. The molecule has 0 aliphatic heterocycles. The third-order valence-electron chi connectivity index (χ3n) is 3.35. The molecule has 0 saturated carbocycles. The van der Waals surface area contributed by atoms with Crippen molar-refractivity contribution in [3.63, 3.8) is 0 Å². The summed E-state index contributed by atoms with van der Waals surface area (Å²) in [6.07, 6.45) is 22.6. The van der Waals surface area contributed by atoms with Crippen LogP contribution in [0.3, 0.4) is 0 Å². The second-order valence-electron chi connectivity index (χ2n) is 5.40. The Morgan fingerprint density at radius 3 is 1.95 bits per heavy atom. The molecule has 0 aliphatic carbocycles. The number of aliphatic hydroxyl groups excluding tert-OH is 1. The Morgan fingerprint density at radius 1 is 0.800 bits per heavy atom. The third kappa shape index (κ3) is 16.9. The van der Waals surface area contributed by atoms with Crippen LogP contribution in [0, 0.1) is 0 Å². The average molecular weight is 281 g/mol. The number of aliphatic carboxylic acids is 1. The summed E-state index contributed by atoms with van der Waals surface area (Å²) in [5.74, 6) is -0.421.